The van der Waals surface area contributed by atoms with Crippen LogP contribution < -0.4 is 0 Å². The lowest BCUT2D eigenvalue weighted by molar-refractivity contribution is 0.292. The molecule has 0 aromatic heterocycles. The maximum absolute atomic E-state index is 8.54. The first-order valence-electron chi connectivity index (χ1n) is 5.27. The molecule has 0 aromatic rings. The summed E-state index contributed by atoms with van der Waals surface area (Å²) in [7, 11) is 0. The molecular weight excluding hydrogens is 172 g/mol. The van der Waals surface area contributed by atoms with E-state index in [9.17, 15) is 0 Å². The molecule has 0 bridgehead atoms. The van der Waals surface area contributed by atoms with E-state index in [4.69, 9.17) is 10.5 Å². The summed E-state index contributed by atoms with van der Waals surface area (Å²) in [6, 6.07) is 4.41. The van der Waals surface area contributed by atoms with Crippen molar-refractivity contribution < 1.29 is 0 Å². The van der Waals surface area contributed by atoms with Crippen LogP contribution in [0, 0.1) is 34.5 Å². The van der Waals surface area contributed by atoms with Gasteiger partial charge < -0.3 is 0 Å². The molecule has 0 saturated carbocycles. The Labute approximate surface area is 85.8 Å². The van der Waals surface area contributed by atoms with Gasteiger partial charge in [0.2, 0.25) is 0 Å². The predicted molar refractivity (Wildman–Crippen MR) is 55.0 cm³/mol. The molecule has 0 spiro atoms. The molecular formula is C12H16N2. The third-order valence-corrected chi connectivity index (χ3v) is 2.96. The maximum atomic E-state index is 8.54. The monoisotopic (exact) mass is 188 g/mol. The van der Waals surface area contributed by atoms with Crippen LogP contribution in [0.5, 0.6) is 0 Å². The van der Waals surface area contributed by atoms with E-state index < -0.39 is 0 Å². The van der Waals surface area contributed by atoms with Crippen LogP contribution in [0.2, 0.25) is 0 Å². The molecule has 0 fully saturated rings. The number of nitriles is 2. The number of nitrogens with zero attached hydrogens (tertiary/aromatic N) is 2. The van der Waals surface area contributed by atoms with Gasteiger partial charge in [-0.2, -0.15) is 10.5 Å². The van der Waals surface area contributed by atoms with Crippen molar-refractivity contribution in [1.29, 1.82) is 10.5 Å². The van der Waals surface area contributed by atoms with Crippen LogP contribution in [0.1, 0.15) is 38.5 Å². The van der Waals surface area contributed by atoms with Gasteiger partial charge in [-0.3, -0.25) is 0 Å². The molecule has 0 aromatic carbocycles. The van der Waals surface area contributed by atoms with E-state index >= 15 is 0 Å². The van der Waals surface area contributed by atoms with Crippen LogP contribution in [0.15, 0.2) is 12.2 Å². The Morgan fingerprint density at radius 2 is 1.36 bits per heavy atom. The quantitative estimate of drug-likeness (QED) is 0.636. The topological polar surface area (TPSA) is 47.6 Å². The predicted octanol–water partition coefficient (Wildman–Crippen LogP) is 3.18. The Hall–Kier alpha value is -1.28. The zero-order valence-corrected chi connectivity index (χ0v) is 8.45. The number of hydrogen-bond donors (Lipinski definition) is 0. The smallest absolute Gasteiger partial charge is 0.0621 e. The highest BCUT2D eigenvalue weighted by Gasteiger charge is 2.21. The van der Waals surface area contributed by atoms with Crippen LogP contribution in [0.4, 0.5) is 0 Å². The number of hydrogen-bond acceptors (Lipinski definition) is 2. The minimum Gasteiger partial charge on any atom is -0.198 e. The minimum absolute atomic E-state index is 0.632. The van der Waals surface area contributed by atoms with Crippen LogP contribution in [-0.2, 0) is 0 Å². The third kappa shape index (κ3) is 3.23. The van der Waals surface area contributed by atoms with Crippen molar-refractivity contribution in [3.05, 3.63) is 12.2 Å². The fourth-order valence-corrected chi connectivity index (χ4v) is 2.13. The largest absolute Gasteiger partial charge is 0.198 e. The minimum atomic E-state index is 0.632. The Bertz CT molecular complexity index is 239. The summed E-state index contributed by atoms with van der Waals surface area (Å²) in [5.41, 5.74) is 0. The van der Waals surface area contributed by atoms with E-state index in [1.165, 1.54) is 0 Å². The highest BCUT2D eigenvalue weighted by molar-refractivity contribution is 4.95. The lowest BCUT2D eigenvalue weighted by Crippen LogP contribution is -2.16. The SMILES string of the molecule is N#CCCC1CC=CCC1CCC#N. The van der Waals surface area contributed by atoms with E-state index in [2.05, 4.69) is 24.3 Å². The average Bonchev–Trinajstić information content (AvgIpc) is 2.24. The van der Waals surface area contributed by atoms with Crippen molar-refractivity contribution in [3.63, 3.8) is 0 Å². The van der Waals surface area contributed by atoms with E-state index in [0.29, 0.717) is 24.7 Å². The summed E-state index contributed by atoms with van der Waals surface area (Å²) in [4.78, 5) is 0. The number of rotatable bonds is 4. The molecule has 1 aliphatic rings. The molecule has 74 valence electrons. The molecule has 2 atom stereocenters. The molecule has 1 aliphatic carbocycles. The Morgan fingerprint density at radius 3 is 1.71 bits per heavy atom. The molecule has 2 unspecified atom stereocenters. The molecule has 2 nitrogen and oxygen atoms in total. The molecule has 0 amide bonds. The second-order valence-electron chi connectivity index (χ2n) is 3.86. The standard InChI is InChI=1S/C12H16N2/c13-9-3-7-11-5-1-2-6-12(11)8-4-10-14/h1-2,11-12H,3-8H2. The van der Waals surface area contributed by atoms with E-state index in [1.54, 1.807) is 0 Å². The van der Waals surface area contributed by atoms with Crippen molar-refractivity contribution in [2.24, 2.45) is 11.8 Å². The third-order valence-electron chi connectivity index (χ3n) is 2.96. The first-order valence-corrected chi connectivity index (χ1v) is 5.27. The van der Waals surface area contributed by atoms with Crippen molar-refractivity contribution in [1.82, 2.24) is 0 Å². The van der Waals surface area contributed by atoms with Gasteiger partial charge >= 0.3 is 0 Å². The lowest BCUT2D eigenvalue weighted by Gasteiger charge is -2.27. The van der Waals surface area contributed by atoms with Crippen LogP contribution in [0.25, 0.3) is 0 Å². The van der Waals surface area contributed by atoms with Gasteiger partial charge in [-0.15, -0.1) is 0 Å². The summed E-state index contributed by atoms with van der Waals surface area (Å²) in [6.45, 7) is 0. The Balaban J connectivity index is 2.40. The highest BCUT2D eigenvalue weighted by Crippen LogP contribution is 2.32. The summed E-state index contributed by atoms with van der Waals surface area (Å²) >= 11 is 0. The molecule has 0 saturated heterocycles. The van der Waals surface area contributed by atoms with Crippen molar-refractivity contribution in [2.45, 2.75) is 38.5 Å². The normalized spacial score (nSPS) is 25.3. The Morgan fingerprint density at radius 1 is 0.929 bits per heavy atom. The van der Waals surface area contributed by atoms with Gasteiger partial charge in [-0.25, -0.2) is 0 Å². The molecule has 0 aliphatic heterocycles. The van der Waals surface area contributed by atoms with Gasteiger partial charge in [0, 0.05) is 12.8 Å². The van der Waals surface area contributed by atoms with E-state index in [-0.39, 0.29) is 0 Å². The van der Waals surface area contributed by atoms with Crippen molar-refractivity contribution in [3.8, 4) is 12.1 Å². The second-order valence-corrected chi connectivity index (χ2v) is 3.86. The summed E-state index contributed by atoms with van der Waals surface area (Å²) in [6.07, 6.45) is 9.92. The maximum Gasteiger partial charge on any atom is 0.0621 e. The van der Waals surface area contributed by atoms with E-state index in [0.717, 1.165) is 25.7 Å². The van der Waals surface area contributed by atoms with Gasteiger partial charge in [0.1, 0.15) is 0 Å². The first-order chi connectivity index (χ1) is 6.88. The highest BCUT2D eigenvalue weighted by atomic mass is 14.3. The fraction of sp³-hybridized carbons (Fsp3) is 0.667. The average molecular weight is 188 g/mol. The lowest BCUT2D eigenvalue weighted by atomic mass is 9.78. The molecule has 1 rings (SSSR count). The fourth-order valence-electron chi connectivity index (χ4n) is 2.13. The van der Waals surface area contributed by atoms with Crippen LogP contribution in [0.3, 0.4) is 0 Å². The van der Waals surface area contributed by atoms with E-state index in [1.807, 2.05) is 0 Å². The van der Waals surface area contributed by atoms with Gasteiger partial charge in [0.15, 0.2) is 0 Å². The van der Waals surface area contributed by atoms with Gasteiger partial charge in [0.05, 0.1) is 12.1 Å². The zero-order valence-electron chi connectivity index (χ0n) is 8.45. The van der Waals surface area contributed by atoms with Crippen LogP contribution in [-0.4, -0.2) is 0 Å². The molecule has 0 N–H and O–H groups in total. The van der Waals surface area contributed by atoms with Crippen molar-refractivity contribution in [2.75, 3.05) is 0 Å². The summed E-state index contributed by atoms with van der Waals surface area (Å²) in [5.74, 6) is 1.26. The molecule has 14 heavy (non-hydrogen) atoms. The first kappa shape index (κ1) is 10.8. The summed E-state index contributed by atoms with van der Waals surface area (Å²) < 4.78 is 0. The van der Waals surface area contributed by atoms with Crippen LogP contribution >= 0.6 is 0 Å². The van der Waals surface area contributed by atoms with Gasteiger partial charge in [-0.1, -0.05) is 12.2 Å². The van der Waals surface area contributed by atoms with Gasteiger partial charge in [-0.05, 0) is 37.5 Å². The van der Waals surface area contributed by atoms with Crippen molar-refractivity contribution >= 4 is 0 Å². The number of allylic oxidation sites excluding steroid dienone is 2. The molecule has 2 heteroatoms. The Kier molecular flexibility index (Phi) is 4.79. The second kappa shape index (κ2) is 6.22. The summed E-state index contributed by atoms with van der Waals surface area (Å²) in [5, 5.41) is 17.1. The van der Waals surface area contributed by atoms with Gasteiger partial charge in [0.25, 0.3) is 0 Å². The molecule has 0 radical (unpaired) electrons. The molecule has 0 heterocycles. The zero-order chi connectivity index (χ0) is 10.2.